The van der Waals surface area contributed by atoms with Gasteiger partial charge in [-0.05, 0) is 11.1 Å². The van der Waals surface area contributed by atoms with Crippen LogP contribution in [0.15, 0.2) is 29.3 Å². The highest BCUT2D eigenvalue weighted by atomic mass is 127. The minimum absolute atomic E-state index is 0. The van der Waals surface area contributed by atoms with Crippen molar-refractivity contribution in [1.29, 1.82) is 0 Å². The SMILES string of the molecule is CN=C(NC)NCc1ccccc1CN1CCOCC1.I. The summed E-state index contributed by atoms with van der Waals surface area (Å²) in [6, 6.07) is 8.56. The van der Waals surface area contributed by atoms with E-state index in [1.165, 1.54) is 11.1 Å². The van der Waals surface area contributed by atoms with Crippen molar-refractivity contribution in [3.8, 4) is 0 Å². The molecule has 2 N–H and O–H groups in total. The largest absolute Gasteiger partial charge is 0.379 e. The maximum Gasteiger partial charge on any atom is 0.190 e. The van der Waals surface area contributed by atoms with Crippen LogP contribution in [-0.4, -0.2) is 51.3 Å². The highest BCUT2D eigenvalue weighted by Gasteiger charge is 2.12. The molecule has 2 rings (SSSR count). The third kappa shape index (κ3) is 5.80. The monoisotopic (exact) mass is 404 g/mol. The molecule has 0 spiro atoms. The average Bonchev–Trinajstić information content (AvgIpc) is 2.51. The molecular formula is C15H25IN4O. The lowest BCUT2D eigenvalue weighted by atomic mass is 10.1. The van der Waals surface area contributed by atoms with Crippen molar-refractivity contribution in [3.05, 3.63) is 35.4 Å². The fourth-order valence-electron chi connectivity index (χ4n) is 2.34. The zero-order chi connectivity index (χ0) is 14.2. The lowest BCUT2D eigenvalue weighted by Crippen LogP contribution is -2.36. The van der Waals surface area contributed by atoms with Crippen LogP contribution < -0.4 is 10.6 Å². The number of hydrogen-bond donors (Lipinski definition) is 2. The smallest absolute Gasteiger partial charge is 0.190 e. The number of guanidine groups is 1. The summed E-state index contributed by atoms with van der Waals surface area (Å²) in [6.45, 7) is 5.48. The predicted molar refractivity (Wildman–Crippen MR) is 97.2 cm³/mol. The van der Waals surface area contributed by atoms with Crippen molar-refractivity contribution in [2.45, 2.75) is 13.1 Å². The maximum absolute atomic E-state index is 5.40. The summed E-state index contributed by atoms with van der Waals surface area (Å²) in [5, 5.41) is 6.34. The van der Waals surface area contributed by atoms with Gasteiger partial charge in [-0.25, -0.2) is 0 Å². The van der Waals surface area contributed by atoms with E-state index in [4.69, 9.17) is 4.74 Å². The Morgan fingerprint density at radius 2 is 1.90 bits per heavy atom. The maximum atomic E-state index is 5.40. The molecule has 1 aromatic carbocycles. The molecular weight excluding hydrogens is 379 g/mol. The number of nitrogens with one attached hydrogen (secondary N) is 2. The number of halogens is 1. The summed E-state index contributed by atoms with van der Waals surface area (Å²) >= 11 is 0. The first-order valence-electron chi connectivity index (χ1n) is 7.08. The van der Waals surface area contributed by atoms with E-state index in [0.717, 1.165) is 45.4 Å². The summed E-state index contributed by atoms with van der Waals surface area (Å²) in [7, 11) is 3.65. The fourth-order valence-corrected chi connectivity index (χ4v) is 2.34. The van der Waals surface area contributed by atoms with Gasteiger partial charge in [0.15, 0.2) is 5.96 Å². The quantitative estimate of drug-likeness (QED) is 0.453. The number of rotatable bonds is 4. The van der Waals surface area contributed by atoms with Crippen LogP contribution in [0, 0.1) is 0 Å². The minimum Gasteiger partial charge on any atom is -0.379 e. The highest BCUT2D eigenvalue weighted by Crippen LogP contribution is 2.12. The summed E-state index contributed by atoms with van der Waals surface area (Å²) in [6.07, 6.45) is 0. The van der Waals surface area contributed by atoms with Gasteiger partial charge in [-0.1, -0.05) is 24.3 Å². The second-order valence-electron chi connectivity index (χ2n) is 4.83. The molecule has 118 valence electrons. The van der Waals surface area contributed by atoms with Gasteiger partial charge in [-0.3, -0.25) is 9.89 Å². The van der Waals surface area contributed by atoms with Gasteiger partial charge in [0.25, 0.3) is 0 Å². The standard InChI is InChI=1S/C15H24N4O.HI/c1-16-15(17-2)18-11-13-5-3-4-6-14(13)12-19-7-9-20-10-8-19;/h3-6H,7-12H2,1-2H3,(H2,16,17,18);1H. The normalized spacial score (nSPS) is 16.2. The van der Waals surface area contributed by atoms with E-state index in [0.29, 0.717) is 0 Å². The molecule has 1 saturated heterocycles. The molecule has 6 heteroatoms. The summed E-state index contributed by atoms with van der Waals surface area (Å²) in [5.74, 6) is 0.811. The van der Waals surface area contributed by atoms with Crippen molar-refractivity contribution < 1.29 is 4.74 Å². The van der Waals surface area contributed by atoms with Crippen molar-refractivity contribution in [3.63, 3.8) is 0 Å². The Morgan fingerprint density at radius 3 is 2.52 bits per heavy atom. The van der Waals surface area contributed by atoms with Crippen LogP contribution in [-0.2, 0) is 17.8 Å². The second kappa shape index (κ2) is 9.97. The summed E-state index contributed by atoms with van der Waals surface area (Å²) < 4.78 is 5.40. The number of morpholine rings is 1. The molecule has 21 heavy (non-hydrogen) atoms. The average molecular weight is 404 g/mol. The van der Waals surface area contributed by atoms with E-state index in [-0.39, 0.29) is 24.0 Å². The number of hydrogen-bond acceptors (Lipinski definition) is 3. The molecule has 0 aliphatic carbocycles. The Balaban J connectivity index is 0.00000220. The van der Waals surface area contributed by atoms with Crippen molar-refractivity contribution in [2.24, 2.45) is 4.99 Å². The van der Waals surface area contributed by atoms with Gasteiger partial charge in [-0.2, -0.15) is 0 Å². The van der Waals surface area contributed by atoms with E-state index in [1.807, 2.05) is 7.05 Å². The summed E-state index contributed by atoms with van der Waals surface area (Å²) in [4.78, 5) is 6.57. The lowest BCUT2D eigenvalue weighted by molar-refractivity contribution is 0.0341. The Labute approximate surface area is 144 Å². The second-order valence-corrected chi connectivity index (χ2v) is 4.83. The van der Waals surface area contributed by atoms with E-state index in [2.05, 4.69) is 44.8 Å². The molecule has 0 atom stereocenters. The highest BCUT2D eigenvalue weighted by molar-refractivity contribution is 14.0. The predicted octanol–water partition coefficient (Wildman–Crippen LogP) is 1.43. The Bertz CT molecular complexity index is 447. The van der Waals surface area contributed by atoms with Crippen LogP contribution in [0.5, 0.6) is 0 Å². The van der Waals surface area contributed by atoms with Crippen molar-refractivity contribution in [1.82, 2.24) is 15.5 Å². The van der Waals surface area contributed by atoms with Gasteiger partial charge in [0.2, 0.25) is 0 Å². The zero-order valence-electron chi connectivity index (χ0n) is 12.8. The van der Waals surface area contributed by atoms with Gasteiger partial charge >= 0.3 is 0 Å². The molecule has 0 aromatic heterocycles. The fraction of sp³-hybridized carbons (Fsp3) is 0.533. The molecule has 0 saturated carbocycles. The van der Waals surface area contributed by atoms with Crippen molar-refractivity contribution >= 4 is 29.9 Å². The Kier molecular flexibility index (Phi) is 8.63. The molecule has 0 radical (unpaired) electrons. The van der Waals surface area contributed by atoms with E-state index in [1.54, 1.807) is 7.05 Å². The van der Waals surface area contributed by atoms with Crippen LogP contribution in [0.1, 0.15) is 11.1 Å². The molecule has 0 bridgehead atoms. The molecule has 1 heterocycles. The topological polar surface area (TPSA) is 48.9 Å². The van der Waals surface area contributed by atoms with Gasteiger partial charge in [0, 0.05) is 40.3 Å². The molecule has 0 unspecified atom stereocenters. The third-order valence-corrected chi connectivity index (χ3v) is 3.52. The van der Waals surface area contributed by atoms with Crippen molar-refractivity contribution in [2.75, 3.05) is 40.4 Å². The Hall–Kier alpha value is -0.860. The van der Waals surface area contributed by atoms with Crippen LogP contribution >= 0.6 is 24.0 Å². The van der Waals surface area contributed by atoms with Crippen LogP contribution in [0.25, 0.3) is 0 Å². The van der Waals surface area contributed by atoms with Crippen LogP contribution in [0.4, 0.5) is 0 Å². The first-order valence-corrected chi connectivity index (χ1v) is 7.08. The lowest BCUT2D eigenvalue weighted by Gasteiger charge is -2.27. The van der Waals surface area contributed by atoms with Gasteiger partial charge in [0.05, 0.1) is 13.2 Å². The number of ether oxygens (including phenoxy) is 1. The summed E-state index contributed by atoms with van der Waals surface area (Å²) in [5.41, 5.74) is 2.68. The molecule has 1 fully saturated rings. The molecule has 1 aliphatic heterocycles. The van der Waals surface area contributed by atoms with Crippen LogP contribution in [0.2, 0.25) is 0 Å². The molecule has 1 aromatic rings. The van der Waals surface area contributed by atoms with Gasteiger partial charge < -0.3 is 15.4 Å². The Morgan fingerprint density at radius 1 is 1.24 bits per heavy atom. The van der Waals surface area contributed by atoms with Gasteiger partial charge in [-0.15, -0.1) is 24.0 Å². The minimum atomic E-state index is 0. The molecule has 1 aliphatic rings. The number of aliphatic imine (C=N–C) groups is 1. The molecule has 0 amide bonds. The first-order chi connectivity index (χ1) is 9.83. The van der Waals surface area contributed by atoms with E-state index >= 15 is 0 Å². The first kappa shape index (κ1) is 18.2. The number of benzene rings is 1. The van der Waals surface area contributed by atoms with Crippen LogP contribution in [0.3, 0.4) is 0 Å². The molecule has 5 nitrogen and oxygen atoms in total. The van der Waals surface area contributed by atoms with Gasteiger partial charge in [0.1, 0.15) is 0 Å². The van der Waals surface area contributed by atoms with E-state index < -0.39 is 0 Å². The third-order valence-electron chi connectivity index (χ3n) is 3.52. The zero-order valence-corrected chi connectivity index (χ0v) is 15.1. The van der Waals surface area contributed by atoms with E-state index in [9.17, 15) is 0 Å². The number of nitrogens with zero attached hydrogens (tertiary/aromatic N) is 2.